The lowest BCUT2D eigenvalue weighted by atomic mass is 10.1. The van der Waals surface area contributed by atoms with Crippen LogP contribution in [0, 0.1) is 13.8 Å². The van der Waals surface area contributed by atoms with E-state index in [0.717, 1.165) is 11.3 Å². The topological polar surface area (TPSA) is 80.0 Å². The summed E-state index contributed by atoms with van der Waals surface area (Å²) in [6.07, 6.45) is 0. The molecule has 0 fully saturated rings. The minimum atomic E-state index is -0.241. The molecular weight excluding hydrogens is 240 g/mol. The molecule has 0 atom stereocenters. The van der Waals surface area contributed by atoms with Crippen molar-refractivity contribution in [3.63, 3.8) is 0 Å². The van der Waals surface area contributed by atoms with E-state index in [1.54, 1.807) is 18.2 Å². The zero-order valence-corrected chi connectivity index (χ0v) is 10.9. The van der Waals surface area contributed by atoms with Crippen molar-refractivity contribution in [1.82, 2.24) is 4.98 Å². The number of pyridine rings is 1. The number of carbonyl (C=O) groups is 1. The molecule has 0 aliphatic rings. The maximum Gasteiger partial charge on any atom is 0.258 e. The molecule has 1 aromatic heterocycles. The van der Waals surface area contributed by atoms with E-state index >= 15 is 0 Å². The molecule has 1 amide bonds. The second-order valence-corrected chi connectivity index (χ2v) is 4.31. The third-order valence-corrected chi connectivity index (χ3v) is 2.71. The molecule has 19 heavy (non-hydrogen) atoms. The second-order valence-electron chi connectivity index (χ2n) is 4.31. The third kappa shape index (κ3) is 3.08. The zero-order chi connectivity index (χ0) is 13.8. The highest BCUT2D eigenvalue weighted by molar-refractivity contribution is 6.07. The average Bonchev–Trinajstić information content (AvgIpc) is 2.38. The zero-order valence-electron chi connectivity index (χ0n) is 10.9. The van der Waals surface area contributed by atoms with E-state index in [1.807, 2.05) is 32.0 Å². The van der Waals surface area contributed by atoms with Gasteiger partial charge < -0.3 is 10.7 Å². The Labute approximate surface area is 111 Å². The number of hydrazine groups is 1. The van der Waals surface area contributed by atoms with E-state index in [9.17, 15) is 4.79 Å². The van der Waals surface area contributed by atoms with Gasteiger partial charge in [0, 0.05) is 5.69 Å². The molecule has 0 bridgehead atoms. The number of rotatable bonds is 3. The standard InChI is InChI=1S/C14H16N4O/c1-9-6-7-12(18-15)11(8-9)14(19)17-13-5-3-4-10(2)16-13/h3-8,18H,15H2,1-2H3,(H,16,17,19). The first-order chi connectivity index (χ1) is 9.10. The van der Waals surface area contributed by atoms with E-state index in [0.29, 0.717) is 17.1 Å². The Morgan fingerprint density at radius 3 is 2.68 bits per heavy atom. The van der Waals surface area contributed by atoms with Crippen molar-refractivity contribution in [2.24, 2.45) is 5.84 Å². The predicted molar refractivity (Wildman–Crippen MR) is 75.9 cm³/mol. The van der Waals surface area contributed by atoms with Crippen LogP contribution >= 0.6 is 0 Å². The monoisotopic (exact) mass is 256 g/mol. The number of hydrogen-bond donors (Lipinski definition) is 3. The van der Waals surface area contributed by atoms with Gasteiger partial charge in [0.25, 0.3) is 5.91 Å². The normalized spacial score (nSPS) is 10.1. The summed E-state index contributed by atoms with van der Waals surface area (Å²) in [5.41, 5.74) is 5.42. The molecule has 0 unspecified atom stereocenters. The molecule has 98 valence electrons. The maximum atomic E-state index is 12.2. The molecule has 0 saturated heterocycles. The largest absolute Gasteiger partial charge is 0.323 e. The second kappa shape index (κ2) is 5.49. The Balaban J connectivity index is 2.27. The summed E-state index contributed by atoms with van der Waals surface area (Å²) in [5.74, 6) is 5.69. The molecule has 0 saturated carbocycles. The Morgan fingerprint density at radius 1 is 1.21 bits per heavy atom. The number of anilines is 2. The van der Waals surface area contributed by atoms with Crippen LogP contribution in [0.4, 0.5) is 11.5 Å². The fraction of sp³-hybridized carbons (Fsp3) is 0.143. The molecule has 2 aromatic rings. The van der Waals surface area contributed by atoms with Gasteiger partial charge in [-0.3, -0.25) is 10.6 Å². The molecular formula is C14H16N4O. The van der Waals surface area contributed by atoms with Gasteiger partial charge in [0.15, 0.2) is 0 Å². The minimum absolute atomic E-state index is 0.241. The number of nitrogen functional groups attached to an aromatic ring is 1. The molecule has 0 aliphatic carbocycles. The van der Waals surface area contributed by atoms with Crippen molar-refractivity contribution in [3.8, 4) is 0 Å². The van der Waals surface area contributed by atoms with Gasteiger partial charge in [-0.15, -0.1) is 0 Å². The molecule has 4 N–H and O–H groups in total. The third-order valence-electron chi connectivity index (χ3n) is 2.71. The number of nitrogens with two attached hydrogens (primary N) is 1. The maximum absolute atomic E-state index is 12.2. The quantitative estimate of drug-likeness (QED) is 0.581. The summed E-state index contributed by atoms with van der Waals surface area (Å²) < 4.78 is 0. The van der Waals surface area contributed by atoms with Crippen LogP contribution in [0.2, 0.25) is 0 Å². The van der Waals surface area contributed by atoms with Gasteiger partial charge in [-0.2, -0.15) is 0 Å². The lowest BCUT2D eigenvalue weighted by Crippen LogP contribution is -2.18. The molecule has 1 heterocycles. The van der Waals surface area contributed by atoms with Crippen molar-refractivity contribution >= 4 is 17.4 Å². The SMILES string of the molecule is Cc1ccc(NN)c(C(=O)Nc2cccc(C)n2)c1. The Kier molecular flexibility index (Phi) is 3.77. The van der Waals surface area contributed by atoms with Crippen LogP contribution in [0.3, 0.4) is 0 Å². The highest BCUT2D eigenvalue weighted by Crippen LogP contribution is 2.17. The van der Waals surface area contributed by atoms with Crippen LogP contribution in [0.15, 0.2) is 36.4 Å². The first-order valence-corrected chi connectivity index (χ1v) is 5.92. The number of hydrogen-bond acceptors (Lipinski definition) is 4. The highest BCUT2D eigenvalue weighted by atomic mass is 16.1. The molecule has 0 aliphatic heterocycles. The average molecular weight is 256 g/mol. The Bertz CT molecular complexity index is 610. The summed E-state index contributed by atoms with van der Waals surface area (Å²) in [7, 11) is 0. The highest BCUT2D eigenvalue weighted by Gasteiger charge is 2.12. The minimum Gasteiger partial charge on any atom is -0.323 e. The Morgan fingerprint density at radius 2 is 2.00 bits per heavy atom. The van der Waals surface area contributed by atoms with Gasteiger partial charge in [0.05, 0.1) is 11.3 Å². The van der Waals surface area contributed by atoms with Crippen LogP contribution in [0.25, 0.3) is 0 Å². The molecule has 1 aromatic carbocycles. The van der Waals surface area contributed by atoms with E-state index in [1.165, 1.54) is 0 Å². The number of nitrogens with zero attached hydrogens (tertiary/aromatic N) is 1. The molecule has 5 heteroatoms. The number of carbonyl (C=O) groups excluding carboxylic acids is 1. The van der Waals surface area contributed by atoms with Crippen LogP contribution in [-0.4, -0.2) is 10.9 Å². The van der Waals surface area contributed by atoms with Crippen LogP contribution in [0.1, 0.15) is 21.6 Å². The number of nitrogens with one attached hydrogen (secondary N) is 2. The number of benzene rings is 1. The van der Waals surface area contributed by atoms with Gasteiger partial charge in [-0.1, -0.05) is 17.7 Å². The Hall–Kier alpha value is -2.40. The van der Waals surface area contributed by atoms with Crippen molar-refractivity contribution < 1.29 is 4.79 Å². The number of amides is 1. The van der Waals surface area contributed by atoms with Crippen molar-refractivity contribution in [2.75, 3.05) is 10.7 Å². The van der Waals surface area contributed by atoms with Crippen LogP contribution in [0.5, 0.6) is 0 Å². The lowest BCUT2D eigenvalue weighted by Gasteiger charge is -2.10. The first-order valence-electron chi connectivity index (χ1n) is 5.92. The van der Waals surface area contributed by atoms with Crippen LogP contribution < -0.4 is 16.6 Å². The molecule has 0 spiro atoms. The van der Waals surface area contributed by atoms with Crippen molar-refractivity contribution in [1.29, 1.82) is 0 Å². The van der Waals surface area contributed by atoms with Crippen molar-refractivity contribution in [3.05, 3.63) is 53.2 Å². The summed E-state index contributed by atoms with van der Waals surface area (Å²) in [6, 6.07) is 10.9. The smallest absolute Gasteiger partial charge is 0.258 e. The fourth-order valence-corrected chi connectivity index (χ4v) is 1.77. The van der Waals surface area contributed by atoms with E-state index < -0.39 is 0 Å². The summed E-state index contributed by atoms with van der Waals surface area (Å²) in [4.78, 5) is 16.4. The summed E-state index contributed by atoms with van der Waals surface area (Å²) in [6.45, 7) is 3.79. The number of aromatic nitrogens is 1. The fourth-order valence-electron chi connectivity index (χ4n) is 1.77. The molecule has 0 radical (unpaired) electrons. The van der Waals surface area contributed by atoms with E-state index in [4.69, 9.17) is 5.84 Å². The first kappa shape index (κ1) is 13.0. The van der Waals surface area contributed by atoms with Crippen LogP contribution in [-0.2, 0) is 0 Å². The van der Waals surface area contributed by atoms with Gasteiger partial charge in [0.2, 0.25) is 0 Å². The predicted octanol–water partition coefficient (Wildman–Crippen LogP) is 2.24. The molecule has 2 rings (SSSR count). The van der Waals surface area contributed by atoms with E-state index in [-0.39, 0.29) is 5.91 Å². The lowest BCUT2D eigenvalue weighted by molar-refractivity contribution is 0.102. The van der Waals surface area contributed by atoms with Gasteiger partial charge >= 0.3 is 0 Å². The molecule has 5 nitrogen and oxygen atoms in total. The van der Waals surface area contributed by atoms with E-state index in [2.05, 4.69) is 15.7 Å². The van der Waals surface area contributed by atoms with Gasteiger partial charge in [-0.05, 0) is 38.1 Å². The van der Waals surface area contributed by atoms with Gasteiger partial charge in [0.1, 0.15) is 5.82 Å². The summed E-state index contributed by atoms with van der Waals surface area (Å²) >= 11 is 0. The number of aryl methyl sites for hydroxylation is 2. The van der Waals surface area contributed by atoms with Crippen molar-refractivity contribution in [2.45, 2.75) is 13.8 Å². The summed E-state index contributed by atoms with van der Waals surface area (Å²) in [5, 5.41) is 2.76. The van der Waals surface area contributed by atoms with Gasteiger partial charge in [-0.25, -0.2) is 4.98 Å².